The summed E-state index contributed by atoms with van der Waals surface area (Å²) in [6.07, 6.45) is 10.7. The largest absolute Gasteiger partial charge is 0.481 e. The van der Waals surface area contributed by atoms with E-state index in [0.717, 1.165) is 18.3 Å². The van der Waals surface area contributed by atoms with Gasteiger partial charge in [-0.2, -0.15) is 0 Å². The highest BCUT2D eigenvalue weighted by atomic mass is 16.4. The standard InChI is InChI=1S/C21H34O4/c1-20-11-3-4-16(20)15-7-5-14(6-8-18(22)23)21(2,13-10-19(24)25)17(15)9-12-20/h14-17H,3-13H2,1-2H3,(H,22,23)(H,24,25). The third-order valence-corrected chi connectivity index (χ3v) is 8.43. The van der Waals surface area contributed by atoms with Gasteiger partial charge in [0, 0.05) is 12.8 Å². The van der Waals surface area contributed by atoms with Crippen LogP contribution >= 0.6 is 0 Å². The molecule has 25 heavy (non-hydrogen) atoms. The van der Waals surface area contributed by atoms with Gasteiger partial charge in [-0.05, 0) is 85.9 Å². The predicted molar refractivity (Wildman–Crippen MR) is 96.2 cm³/mol. The van der Waals surface area contributed by atoms with Crippen molar-refractivity contribution < 1.29 is 19.8 Å². The monoisotopic (exact) mass is 350 g/mol. The van der Waals surface area contributed by atoms with Crippen LogP contribution in [0.25, 0.3) is 0 Å². The lowest BCUT2D eigenvalue weighted by Gasteiger charge is -2.58. The van der Waals surface area contributed by atoms with Crippen LogP contribution in [0, 0.1) is 34.5 Å². The van der Waals surface area contributed by atoms with Gasteiger partial charge in [-0.15, -0.1) is 0 Å². The SMILES string of the molecule is CC12CCCC1C1CCC(CCC(=O)O)C(C)(CCC(=O)O)C1CC2. The lowest BCUT2D eigenvalue weighted by molar-refractivity contribution is -0.142. The summed E-state index contributed by atoms with van der Waals surface area (Å²) in [5, 5.41) is 18.4. The van der Waals surface area contributed by atoms with Crippen molar-refractivity contribution >= 4 is 11.9 Å². The maximum atomic E-state index is 11.3. The fourth-order valence-electron chi connectivity index (χ4n) is 7.07. The van der Waals surface area contributed by atoms with Crippen LogP contribution in [-0.2, 0) is 9.59 Å². The smallest absolute Gasteiger partial charge is 0.303 e. The molecule has 0 aromatic heterocycles. The first-order valence-electron chi connectivity index (χ1n) is 10.2. The molecular formula is C21H34O4. The highest BCUT2D eigenvalue weighted by molar-refractivity contribution is 5.67. The van der Waals surface area contributed by atoms with Crippen molar-refractivity contribution in [1.82, 2.24) is 0 Å². The minimum Gasteiger partial charge on any atom is -0.481 e. The van der Waals surface area contributed by atoms with Crippen LogP contribution in [0.3, 0.4) is 0 Å². The van der Waals surface area contributed by atoms with E-state index in [1.165, 1.54) is 38.5 Å². The molecule has 0 aliphatic heterocycles. The number of carbonyl (C=O) groups is 2. The molecule has 3 aliphatic rings. The third kappa shape index (κ3) is 3.46. The Labute approximate surface area is 151 Å². The van der Waals surface area contributed by atoms with E-state index in [1.54, 1.807) is 0 Å². The lowest BCUT2D eigenvalue weighted by atomic mass is 9.46. The van der Waals surface area contributed by atoms with Gasteiger partial charge in [0.05, 0.1) is 0 Å². The molecule has 0 heterocycles. The summed E-state index contributed by atoms with van der Waals surface area (Å²) in [6, 6.07) is 0. The fourth-order valence-corrected chi connectivity index (χ4v) is 7.07. The van der Waals surface area contributed by atoms with Gasteiger partial charge < -0.3 is 10.2 Å². The zero-order chi connectivity index (χ0) is 18.2. The van der Waals surface area contributed by atoms with E-state index in [0.29, 0.717) is 30.1 Å². The van der Waals surface area contributed by atoms with E-state index in [1.807, 2.05) is 0 Å². The van der Waals surface area contributed by atoms with E-state index in [2.05, 4.69) is 13.8 Å². The number of carboxylic acids is 2. The minimum atomic E-state index is -0.727. The zero-order valence-corrected chi connectivity index (χ0v) is 15.8. The van der Waals surface area contributed by atoms with Crippen molar-refractivity contribution in [3.63, 3.8) is 0 Å². The second kappa shape index (κ2) is 6.92. The fraction of sp³-hybridized carbons (Fsp3) is 0.905. The van der Waals surface area contributed by atoms with Crippen molar-refractivity contribution in [1.29, 1.82) is 0 Å². The van der Waals surface area contributed by atoms with Gasteiger partial charge in [0.1, 0.15) is 0 Å². The number of hydrogen-bond donors (Lipinski definition) is 2. The van der Waals surface area contributed by atoms with Gasteiger partial charge >= 0.3 is 11.9 Å². The molecule has 0 aromatic rings. The number of fused-ring (bicyclic) bond motifs is 3. The molecule has 6 atom stereocenters. The first-order valence-corrected chi connectivity index (χ1v) is 10.2. The Morgan fingerprint density at radius 1 is 0.920 bits per heavy atom. The van der Waals surface area contributed by atoms with Crippen LogP contribution in [0.5, 0.6) is 0 Å². The number of carboxylic acid groups (broad SMARTS) is 2. The highest BCUT2D eigenvalue weighted by Crippen LogP contribution is 2.65. The molecule has 142 valence electrons. The van der Waals surface area contributed by atoms with Crippen molar-refractivity contribution in [2.45, 2.75) is 84.5 Å². The second-order valence-electron chi connectivity index (χ2n) is 9.57. The Bertz CT molecular complexity index is 530. The molecule has 3 aliphatic carbocycles. The van der Waals surface area contributed by atoms with Crippen LogP contribution in [0.2, 0.25) is 0 Å². The molecule has 2 N–H and O–H groups in total. The molecule has 3 rings (SSSR count). The van der Waals surface area contributed by atoms with Crippen LogP contribution < -0.4 is 0 Å². The maximum absolute atomic E-state index is 11.3. The number of aliphatic carboxylic acids is 2. The van der Waals surface area contributed by atoms with Gasteiger partial charge in [0.2, 0.25) is 0 Å². The van der Waals surface area contributed by atoms with Crippen LogP contribution in [0.15, 0.2) is 0 Å². The van der Waals surface area contributed by atoms with Crippen LogP contribution in [-0.4, -0.2) is 22.2 Å². The lowest BCUT2D eigenvalue weighted by Crippen LogP contribution is -2.51. The van der Waals surface area contributed by atoms with Crippen molar-refractivity contribution in [2.24, 2.45) is 34.5 Å². The number of rotatable bonds is 6. The van der Waals surface area contributed by atoms with E-state index in [4.69, 9.17) is 5.11 Å². The molecule has 3 saturated carbocycles. The average molecular weight is 350 g/mol. The van der Waals surface area contributed by atoms with Gasteiger partial charge in [-0.3, -0.25) is 9.59 Å². The van der Waals surface area contributed by atoms with Gasteiger partial charge in [0.25, 0.3) is 0 Å². The van der Waals surface area contributed by atoms with Gasteiger partial charge in [0.15, 0.2) is 0 Å². The third-order valence-electron chi connectivity index (χ3n) is 8.43. The summed E-state index contributed by atoms with van der Waals surface area (Å²) < 4.78 is 0. The van der Waals surface area contributed by atoms with Gasteiger partial charge in [-0.1, -0.05) is 20.3 Å². The molecule has 6 unspecified atom stereocenters. The molecular weight excluding hydrogens is 316 g/mol. The second-order valence-corrected chi connectivity index (χ2v) is 9.57. The van der Waals surface area contributed by atoms with Crippen molar-refractivity contribution in [3.8, 4) is 0 Å². The van der Waals surface area contributed by atoms with Crippen LogP contribution in [0.1, 0.15) is 84.5 Å². The topological polar surface area (TPSA) is 74.6 Å². The Balaban J connectivity index is 1.83. The maximum Gasteiger partial charge on any atom is 0.303 e. The normalized spacial score (nSPS) is 43.3. The van der Waals surface area contributed by atoms with Crippen molar-refractivity contribution in [2.75, 3.05) is 0 Å². The first-order chi connectivity index (χ1) is 11.8. The molecule has 0 bridgehead atoms. The molecule has 0 aromatic carbocycles. The first kappa shape index (κ1) is 18.7. The molecule has 0 radical (unpaired) electrons. The highest BCUT2D eigenvalue weighted by Gasteiger charge is 2.56. The quantitative estimate of drug-likeness (QED) is 0.709. The Hall–Kier alpha value is -1.06. The summed E-state index contributed by atoms with van der Waals surface area (Å²) in [6.45, 7) is 4.77. The van der Waals surface area contributed by atoms with Crippen LogP contribution in [0.4, 0.5) is 0 Å². The van der Waals surface area contributed by atoms with E-state index < -0.39 is 11.9 Å². The average Bonchev–Trinajstić information content (AvgIpc) is 2.94. The Kier molecular flexibility index (Phi) is 5.18. The van der Waals surface area contributed by atoms with E-state index in [9.17, 15) is 14.7 Å². The summed E-state index contributed by atoms with van der Waals surface area (Å²) in [4.78, 5) is 22.4. The Morgan fingerprint density at radius 2 is 1.64 bits per heavy atom. The predicted octanol–water partition coefficient (Wildman–Crippen LogP) is 4.96. The Morgan fingerprint density at radius 3 is 2.32 bits per heavy atom. The molecule has 0 spiro atoms. The summed E-state index contributed by atoms with van der Waals surface area (Å²) in [5.41, 5.74) is 0.490. The molecule has 3 fully saturated rings. The molecule has 0 saturated heterocycles. The van der Waals surface area contributed by atoms with Gasteiger partial charge in [-0.25, -0.2) is 0 Å². The summed E-state index contributed by atoms with van der Waals surface area (Å²) in [7, 11) is 0. The molecule has 4 nitrogen and oxygen atoms in total. The molecule has 4 heteroatoms. The zero-order valence-electron chi connectivity index (χ0n) is 15.8. The minimum absolute atomic E-state index is 0.0132. The summed E-state index contributed by atoms with van der Waals surface area (Å²) >= 11 is 0. The molecule has 0 amide bonds. The van der Waals surface area contributed by atoms with E-state index in [-0.39, 0.29) is 18.3 Å². The summed E-state index contributed by atoms with van der Waals surface area (Å²) in [5.74, 6) is 1.01. The number of hydrogen-bond acceptors (Lipinski definition) is 2. The van der Waals surface area contributed by atoms with Crippen molar-refractivity contribution in [3.05, 3.63) is 0 Å². The van der Waals surface area contributed by atoms with E-state index >= 15 is 0 Å².